The predicted octanol–water partition coefficient (Wildman–Crippen LogP) is 4.52. The SMILES string of the molecule is Cc1noc(Cl)c1CCC(=O)Nc1cccc(COc2ccc3c(c2)OCO3)c1. The van der Waals surface area contributed by atoms with Gasteiger partial charge in [0.1, 0.15) is 12.4 Å². The zero-order valence-electron chi connectivity index (χ0n) is 15.7. The summed E-state index contributed by atoms with van der Waals surface area (Å²) in [5.41, 5.74) is 3.09. The van der Waals surface area contributed by atoms with Crippen molar-refractivity contribution in [3.8, 4) is 17.2 Å². The van der Waals surface area contributed by atoms with Gasteiger partial charge in [-0.2, -0.15) is 0 Å². The molecule has 7 nitrogen and oxygen atoms in total. The van der Waals surface area contributed by atoms with Gasteiger partial charge in [-0.15, -0.1) is 0 Å². The van der Waals surface area contributed by atoms with Crippen LogP contribution < -0.4 is 19.5 Å². The van der Waals surface area contributed by atoms with E-state index in [-0.39, 0.29) is 24.3 Å². The van der Waals surface area contributed by atoms with E-state index in [1.165, 1.54) is 0 Å². The lowest BCUT2D eigenvalue weighted by Crippen LogP contribution is -2.12. The topological polar surface area (TPSA) is 82.8 Å². The average Bonchev–Trinajstić information content (AvgIpc) is 3.31. The molecule has 1 aromatic heterocycles. The molecule has 0 spiro atoms. The van der Waals surface area contributed by atoms with Gasteiger partial charge >= 0.3 is 0 Å². The van der Waals surface area contributed by atoms with Crippen LogP contribution in [0.25, 0.3) is 0 Å². The Kier molecular flexibility index (Phi) is 5.57. The summed E-state index contributed by atoms with van der Waals surface area (Å²) in [6, 6.07) is 13.0. The van der Waals surface area contributed by atoms with Gasteiger partial charge in [-0.25, -0.2) is 0 Å². The number of carbonyl (C=O) groups is 1. The number of rotatable bonds is 7. The van der Waals surface area contributed by atoms with Crippen molar-refractivity contribution in [2.45, 2.75) is 26.4 Å². The monoisotopic (exact) mass is 414 g/mol. The molecule has 150 valence electrons. The number of halogens is 1. The first-order chi connectivity index (χ1) is 14.1. The van der Waals surface area contributed by atoms with Crippen molar-refractivity contribution in [2.24, 2.45) is 0 Å². The van der Waals surface area contributed by atoms with E-state index < -0.39 is 0 Å². The van der Waals surface area contributed by atoms with Gasteiger partial charge in [-0.3, -0.25) is 4.79 Å². The normalized spacial score (nSPS) is 12.1. The fourth-order valence-corrected chi connectivity index (χ4v) is 3.24. The summed E-state index contributed by atoms with van der Waals surface area (Å²) in [6.07, 6.45) is 0.743. The van der Waals surface area contributed by atoms with Crippen LogP contribution in [0.5, 0.6) is 17.2 Å². The maximum Gasteiger partial charge on any atom is 0.231 e. The minimum atomic E-state index is -0.115. The molecule has 0 fully saturated rings. The Morgan fingerprint density at radius 2 is 2.07 bits per heavy atom. The highest BCUT2D eigenvalue weighted by Crippen LogP contribution is 2.35. The maximum absolute atomic E-state index is 12.3. The van der Waals surface area contributed by atoms with Crippen LogP contribution in [0.15, 0.2) is 47.0 Å². The molecule has 2 heterocycles. The lowest BCUT2D eigenvalue weighted by Gasteiger charge is -2.10. The Morgan fingerprint density at radius 1 is 1.21 bits per heavy atom. The number of amides is 1. The molecule has 0 saturated carbocycles. The number of nitrogens with one attached hydrogen (secondary N) is 1. The van der Waals surface area contributed by atoms with Gasteiger partial charge in [-0.05, 0) is 54.8 Å². The van der Waals surface area contributed by atoms with Gasteiger partial charge in [0.2, 0.25) is 17.9 Å². The fraction of sp³-hybridized carbons (Fsp3) is 0.238. The smallest absolute Gasteiger partial charge is 0.231 e. The lowest BCUT2D eigenvalue weighted by molar-refractivity contribution is -0.116. The molecular formula is C21H19ClN2O5. The van der Waals surface area contributed by atoms with Crippen LogP contribution in [0.3, 0.4) is 0 Å². The first-order valence-corrected chi connectivity index (χ1v) is 9.48. The first kappa shape index (κ1) is 19.1. The van der Waals surface area contributed by atoms with Gasteiger partial charge < -0.3 is 24.1 Å². The van der Waals surface area contributed by atoms with Crippen LogP contribution in [0.2, 0.25) is 5.22 Å². The van der Waals surface area contributed by atoms with E-state index in [9.17, 15) is 4.79 Å². The Bertz CT molecular complexity index is 1010. The molecule has 0 bridgehead atoms. The third-order valence-corrected chi connectivity index (χ3v) is 4.80. The zero-order chi connectivity index (χ0) is 20.2. The molecule has 0 atom stereocenters. The quantitative estimate of drug-likeness (QED) is 0.612. The van der Waals surface area contributed by atoms with E-state index in [1.54, 1.807) is 13.0 Å². The van der Waals surface area contributed by atoms with Crippen molar-refractivity contribution < 1.29 is 23.5 Å². The van der Waals surface area contributed by atoms with Gasteiger partial charge in [0.05, 0.1) is 5.69 Å². The van der Waals surface area contributed by atoms with E-state index in [4.69, 9.17) is 30.3 Å². The number of carbonyl (C=O) groups excluding carboxylic acids is 1. The number of aromatic nitrogens is 1. The van der Waals surface area contributed by atoms with Gasteiger partial charge in [-0.1, -0.05) is 17.3 Å². The molecule has 1 amide bonds. The van der Waals surface area contributed by atoms with Crippen LogP contribution >= 0.6 is 11.6 Å². The van der Waals surface area contributed by atoms with E-state index in [2.05, 4.69) is 10.5 Å². The summed E-state index contributed by atoms with van der Waals surface area (Å²) < 4.78 is 21.4. The molecule has 1 N–H and O–H groups in total. The number of hydrogen-bond acceptors (Lipinski definition) is 6. The van der Waals surface area contributed by atoms with E-state index in [1.807, 2.05) is 36.4 Å². The third-order valence-electron chi connectivity index (χ3n) is 4.50. The molecule has 1 aliphatic rings. The van der Waals surface area contributed by atoms with Crippen molar-refractivity contribution in [3.63, 3.8) is 0 Å². The second-order valence-corrected chi connectivity index (χ2v) is 6.92. The number of nitrogens with zero attached hydrogens (tertiary/aromatic N) is 1. The molecule has 0 unspecified atom stereocenters. The van der Waals surface area contributed by atoms with Crippen LogP contribution in [-0.4, -0.2) is 17.9 Å². The summed E-state index contributed by atoms with van der Waals surface area (Å²) >= 11 is 5.94. The highest BCUT2D eigenvalue weighted by molar-refractivity contribution is 6.29. The summed E-state index contributed by atoms with van der Waals surface area (Å²) in [6.45, 7) is 2.38. The number of fused-ring (bicyclic) bond motifs is 1. The number of anilines is 1. The zero-order valence-corrected chi connectivity index (χ0v) is 16.5. The van der Waals surface area contributed by atoms with E-state index in [0.717, 1.165) is 11.1 Å². The summed E-state index contributed by atoms with van der Waals surface area (Å²) in [5, 5.41) is 6.91. The number of ether oxygens (including phenoxy) is 3. The van der Waals surface area contributed by atoms with Crippen LogP contribution in [0.4, 0.5) is 5.69 Å². The fourth-order valence-electron chi connectivity index (χ4n) is 2.97. The first-order valence-electron chi connectivity index (χ1n) is 9.10. The molecule has 29 heavy (non-hydrogen) atoms. The van der Waals surface area contributed by atoms with Crippen molar-refractivity contribution in [3.05, 3.63) is 64.5 Å². The molecule has 2 aromatic carbocycles. The van der Waals surface area contributed by atoms with Gasteiger partial charge in [0.25, 0.3) is 0 Å². The highest BCUT2D eigenvalue weighted by Gasteiger charge is 2.14. The Hall–Kier alpha value is -3.19. The number of benzene rings is 2. The molecule has 0 saturated heterocycles. The van der Waals surface area contributed by atoms with Crippen molar-refractivity contribution in [2.75, 3.05) is 12.1 Å². The van der Waals surface area contributed by atoms with Crippen molar-refractivity contribution in [1.82, 2.24) is 5.16 Å². The van der Waals surface area contributed by atoms with Gasteiger partial charge in [0.15, 0.2) is 11.5 Å². The third kappa shape index (κ3) is 4.63. The lowest BCUT2D eigenvalue weighted by atomic mass is 10.1. The Labute approximate surface area is 172 Å². The molecule has 8 heteroatoms. The van der Waals surface area contributed by atoms with Crippen molar-refractivity contribution in [1.29, 1.82) is 0 Å². The molecule has 3 aromatic rings. The minimum Gasteiger partial charge on any atom is -0.489 e. The standard InChI is InChI=1S/C21H19ClN2O5/c1-13-17(21(22)29-24-13)6-8-20(25)23-15-4-2-3-14(9-15)11-26-16-5-7-18-19(10-16)28-12-27-18/h2-5,7,9-10H,6,8,11-12H2,1H3,(H,23,25). The predicted molar refractivity (Wildman–Crippen MR) is 107 cm³/mol. The summed E-state index contributed by atoms with van der Waals surface area (Å²) in [4.78, 5) is 12.3. The van der Waals surface area contributed by atoms with Crippen LogP contribution in [-0.2, 0) is 17.8 Å². The average molecular weight is 415 g/mol. The molecule has 0 radical (unpaired) electrons. The highest BCUT2D eigenvalue weighted by atomic mass is 35.5. The minimum absolute atomic E-state index is 0.115. The molecule has 0 aliphatic carbocycles. The summed E-state index contributed by atoms with van der Waals surface area (Å²) in [5.74, 6) is 1.96. The van der Waals surface area contributed by atoms with Crippen LogP contribution in [0.1, 0.15) is 23.2 Å². The second-order valence-electron chi connectivity index (χ2n) is 6.57. The second kappa shape index (κ2) is 8.45. The molecule has 1 aliphatic heterocycles. The van der Waals surface area contributed by atoms with E-state index >= 15 is 0 Å². The Morgan fingerprint density at radius 3 is 2.90 bits per heavy atom. The number of aryl methyl sites for hydroxylation is 1. The van der Waals surface area contributed by atoms with E-state index in [0.29, 0.717) is 41.7 Å². The van der Waals surface area contributed by atoms with Gasteiger partial charge in [0, 0.05) is 23.7 Å². The van der Waals surface area contributed by atoms with Crippen LogP contribution in [0, 0.1) is 6.92 Å². The summed E-state index contributed by atoms with van der Waals surface area (Å²) in [7, 11) is 0. The largest absolute Gasteiger partial charge is 0.489 e. The Balaban J connectivity index is 1.31. The molecular weight excluding hydrogens is 396 g/mol. The van der Waals surface area contributed by atoms with Crippen molar-refractivity contribution >= 4 is 23.2 Å². The number of hydrogen-bond donors (Lipinski definition) is 1. The maximum atomic E-state index is 12.3. The molecule has 4 rings (SSSR count).